The molecule has 28 heavy (non-hydrogen) atoms. The predicted octanol–water partition coefficient (Wildman–Crippen LogP) is 4.01. The Hall–Kier alpha value is -2.60. The van der Waals surface area contributed by atoms with Gasteiger partial charge in [0.2, 0.25) is 5.91 Å². The van der Waals surface area contributed by atoms with E-state index < -0.39 is 0 Å². The maximum Gasteiger partial charge on any atom is 0.266 e. The number of aromatic nitrogens is 2. The molecule has 0 saturated carbocycles. The van der Waals surface area contributed by atoms with Gasteiger partial charge in [0.05, 0.1) is 22.3 Å². The highest BCUT2D eigenvalue weighted by Crippen LogP contribution is 2.22. The normalized spacial score (nSPS) is 12.1. The number of carbonyl (C=O) groups is 1. The van der Waals surface area contributed by atoms with Crippen LogP contribution in [0.15, 0.2) is 52.4 Å². The molecule has 1 atom stereocenters. The summed E-state index contributed by atoms with van der Waals surface area (Å²) in [5.74, 6) is 0.147. The third kappa shape index (κ3) is 4.44. The van der Waals surface area contributed by atoms with E-state index in [4.69, 9.17) is 0 Å². The minimum absolute atomic E-state index is 0.0614. The van der Waals surface area contributed by atoms with Gasteiger partial charge in [0, 0.05) is 6.04 Å². The summed E-state index contributed by atoms with van der Waals surface area (Å²) in [5.41, 5.74) is 3.42. The zero-order valence-corrected chi connectivity index (χ0v) is 17.5. The third-order valence-corrected chi connectivity index (χ3v) is 5.50. The number of nitrogens with zero attached hydrogens (tertiary/aromatic N) is 2. The number of amides is 1. The maximum absolute atomic E-state index is 13.3. The number of hydrogen-bond donors (Lipinski definition) is 1. The Morgan fingerprint density at radius 3 is 2.54 bits per heavy atom. The number of para-hydroxylation sites is 1. The van der Waals surface area contributed by atoms with Crippen molar-refractivity contribution in [2.24, 2.45) is 0 Å². The molecule has 2 aromatic carbocycles. The van der Waals surface area contributed by atoms with E-state index in [1.165, 1.54) is 11.8 Å². The van der Waals surface area contributed by atoms with E-state index in [2.05, 4.69) is 16.4 Å². The van der Waals surface area contributed by atoms with Crippen LogP contribution >= 0.6 is 11.8 Å². The Morgan fingerprint density at radius 2 is 1.86 bits per heavy atom. The molecule has 1 aromatic heterocycles. The standard InChI is InChI=1S/C22H25N3O2S/c1-5-16(4)23-20(26)13-28-22-24-19-9-7-6-8-18(19)21(27)25(22)17-11-14(2)10-15(3)12-17/h6-12,16H,5,13H2,1-4H3,(H,23,26). The molecule has 146 valence electrons. The number of fused-ring (bicyclic) bond motifs is 1. The van der Waals surface area contributed by atoms with Crippen LogP contribution in [0.2, 0.25) is 0 Å². The molecule has 3 aromatic rings. The number of carbonyl (C=O) groups excluding carboxylic acids is 1. The quantitative estimate of drug-likeness (QED) is 0.506. The van der Waals surface area contributed by atoms with Crippen molar-refractivity contribution < 1.29 is 4.79 Å². The van der Waals surface area contributed by atoms with E-state index in [-0.39, 0.29) is 23.3 Å². The van der Waals surface area contributed by atoms with Crippen LogP contribution < -0.4 is 10.9 Å². The summed E-state index contributed by atoms with van der Waals surface area (Å²) < 4.78 is 1.61. The van der Waals surface area contributed by atoms with E-state index in [0.717, 1.165) is 23.2 Å². The Bertz CT molecular complexity index is 1050. The fourth-order valence-electron chi connectivity index (χ4n) is 3.07. The van der Waals surface area contributed by atoms with Crippen molar-refractivity contribution in [2.45, 2.75) is 45.3 Å². The molecule has 0 radical (unpaired) electrons. The molecule has 1 unspecified atom stereocenters. The molecule has 1 amide bonds. The van der Waals surface area contributed by atoms with Gasteiger partial charge in [0.15, 0.2) is 5.16 Å². The molecule has 0 aliphatic carbocycles. The lowest BCUT2D eigenvalue weighted by atomic mass is 10.1. The van der Waals surface area contributed by atoms with Crippen LogP contribution in [0.1, 0.15) is 31.4 Å². The molecular weight excluding hydrogens is 370 g/mol. The van der Waals surface area contributed by atoms with Crippen molar-refractivity contribution in [1.29, 1.82) is 0 Å². The highest BCUT2D eigenvalue weighted by molar-refractivity contribution is 7.99. The first kappa shape index (κ1) is 20.1. The molecule has 1 heterocycles. The van der Waals surface area contributed by atoms with Gasteiger partial charge in [-0.3, -0.25) is 14.2 Å². The molecule has 3 rings (SSSR count). The van der Waals surface area contributed by atoms with Crippen molar-refractivity contribution in [3.63, 3.8) is 0 Å². The summed E-state index contributed by atoms with van der Waals surface area (Å²) in [6, 6.07) is 13.4. The molecule has 0 aliphatic rings. The van der Waals surface area contributed by atoms with Crippen molar-refractivity contribution in [3.05, 3.63) is 63.9 Å². The average molecular weight is 396 g/mol. The minimum Gasteiger partial charge on any atom is -0.353 e. The Labute approximate surface area is 169 Å². The van der Waals surface area contributed by atoms with Crippen molar-refractivity contribution in [1.82, 2.24) is 14.9 Å². The molecule has 0 saturated heterocycles. The molecule has 6 heteroatoms. The molecule has 0 bridgehead atoms. The van der Waals surface area contributed by atoms with E-state index in [1.807, 2.05) is 58.0 Å². The van der Waals surface area contributed by atoms with Crippen LogP contribution in [0.5, 0.6) is 0 Å². The summed E-state index contributed by atoms with van der Waals surface area (Å²) in [4.78, 5) is 30.2. The highest BCUT2D eigenvalue weighted by Gasteiger charge is 2.15. The Morgan fingerprint density at radius 1 is 1.18 bits per heavy atom. The first-order chi connectivity index (χ1) is 13.4. The first-order valence-electron chi connectivity index (χ1n) is 9.41. The van der Waals surface area contributed by atoms with Gasteiger partial charge in [-0.25, -0.2) is 4.98 Å². The Kier molecular flexibility index (Phi) is 6.19. The topological polar surface area (TPSA) is 64.0 Å². The smallest absolute Gasteiger partial charge is 0.266 e. The highest BCUT2D eigenvalue weighted by atomic mass is 32.2. The van der Waals surface area contributed by atoms with Crippen molar-refractivity contribution in [3.8, 4) is 5.69 Å². The van der Waals surface area contributed by atoms with Crippen LogP contribution in [0.25, 0.3) is 16.6 Å². The van der Waals surface area contributed by atoms with Gasteiger partial charge in [-0.2, -0.15) is 0 Å². The lowest BCUT2D eigenvalue weighted by Gasteiger charge is -2.15. The number of aryl methyl sites for hydroxylation is 2. The van der Waals surface area contributed by atoms with E-state index in [1.54, 1.807) is 10.6 Å². The van der Waals surface area contributed by atoms with Crippen LogP contribution in [0, 0.1) is 13.8 Å². The van der Waals surface area contributed by atoms with E-state index >= 15 is 0 Å². The molecular formula is C22H25N3O2S. The first-order valence-corrected chi connectivity index (χ1v) is 10.4. The molecule has 0 fully saturated rings. The maximum atomic E-state index is 13.3. The van der Waals surface area contributed by atoms with Crippen molar-refractivity contribution in [2.75, 3.05) is 5.75 Å². The summed E-state index contributed by atoms with van der Waals surface area (Å²) in [6.45, 7) is 8.01. The van der Waals surface area contributed by atoms with Gasteiger partial charge >= 0.3 is 0 Å². The molecule has 1 N–H and O–H groups in total. The fourth-order valence-corrected chi connectivity index (χ4v) is 3.89. The number of benzene rings is 2. The number of nitrogens with one attached hydrogen (secondary N) is 1. The number of hydrogen-bond acceptors (Lipinski definition) is 4. The molecule has 0 aliphatic heterocycles. The lowest BCUT2D eigenvalue weighted by Crippen LogP contribution is -2.33. The van der Waals surface area contributed by atoms with Crippen LogP contribution in [0.3, 0.4) is 0 Å². The zero-order chi connectivity index (χ0) is 20.3. The van der Waals surface area contributed by atoms with Crippen LogP contribution in [-0.4, -0.2) is 27.3 Å². The fraction of sp³-hybridized carbons (Fsp3) is 0.318. The van der Waals surface area contributed by atoms with Crippen molar-refractivity contribution >= 4 is 28.6 Å². The lowest BCUT2D eigenvalue weighted by molar-refractivity contribution is -0.119. The Balaban J connectivity index is 2.07. The molecule has 0 spiro atoms. The largest absolute Gasteiger partial charge is 0.353 e. The third-order valence-electron chi connectivity index (χ3n) is 4.56. The second-order valence-electron chi connectivity index (χ2n) is 7.06. The summed E-state index contributed by atoms with van der Waals surface area (Å²) >= 11 is 1.28. The second-order valence-corrected chi connectivity index (χ2v) is 8.01. The van der Waals surface area contributed by atoms with Gasteiger partial charge in [0.25, 0.3) is 5.56 Å². The average Bonchev–Trinajstić information content (AvgIpc) is 2.65. The van der Waals surface area contributed by atoms with E-state index in [9.17, 15) is 9.59 Å². The van der Waals surface area contributed by atoms with Gasteiger partial charge < -0.3 is 5.32 Å². The summed E-state index contributed by atoms with van der Waals surface area (Å²) in [7, 11) is 0. The predicted molar refractivity (Wildman–Crippen MR) is 115 cm³/mol. The van der Waals surface area contributed by atoms with Gasteiger partial charge in [0.1, 0.15) is 0 Å². The number of rotatable bonds is 6. The van der Waals surface area contributed by atoms with Gasteiger partial charge in [-0.15, -0.1) is 0 Å². The second kappa shape index (κ2) is 8.61. The summed E-state index contributed by atoms with van der Waals surface area (Å²) in [5, 5.41) is 4.04. The number of thioether (sulfide) groups is 1. The SMILES string of the molecule is CCC(C)NC(=O)CSc1nc2ccccc2c(=O)n1-c1cc(C)cc(C)c1. The van der Waals surface area contributed by atoms with Gasteiger partial charge in [-0.05, 0) is 62.6 Å². The van der Waals surface area contributed by atoms with E-state index in [0.29, 0.717) is 16.1 Å². The van der Waals surface area contributed by atoms with Crippen LogP contribution in [-0.2, 0) is 4.79 Å². The zero-order valence-electron chi connectivity index (χ0n) is 16.7. The van der Waals surface area contributed by atoms with Gasteiger partial charge in [-0.1, -0.05) is 36.9 Å². The van der Waals surface area contributed by atoms with Crippen LogP contribution in [0.4, 0.5) is 0 Å². The minimum atomic E-state index is -0.125. The monoisotopic (exact) mass is 395 g/mol. The molecule has 5 nitrogen and oxygen atoms in total. The summed E-state index contributed by atoms with van der Waals surface area (Å²) in [6.07, 6.45) is 0.873.